The lowest BCUT2D eigenvalue weighted by atomic mass is 10.0. The van der Waals surface area contributed by atoms with Gasteiger partial charge in [0.1, 0.15) is 10.4 Å². The van der Waals surface area contributed by atoms with E-state index in [4.69, 9.17) is 22.1 Å². The second kappa shape index (κ2) is 5.58. The standard InChI is InChI=1S/C12H12ClN3O2S/c1-3-12(2,8-15)16-19(17,18)11-6-9(7-14)4-5-10(11)13/h4-6,16H,3H2,1-2H3. The van der Waals surface area contributed by atoms with Crippen LogP contribution in [0.15, 0.2) is 23.1 Å². The predicted octanol–water partition coefficient (Wildman–Crippen LogP) is 2.18. The zero-order chi connectivity index (χ0) is 14.7. The molecule has 0 aliphatic rings. The summed E-state index contributed by atoms with van der Waals surface area (Å²) in [7, 11) is -3.96. The Labute approximate surface area is 117 Å². The first kappa shape index (κ1) is 15.5. The largest absolute Gasteiger partial charge is 0.243 e. The van der Waals surface area contributed by atoms with Crippen LogP contribution in [0.4, 0.5) is 0 Å². The lowest BCUT2D eigenvalue weighted by molar-refractivity contribution is 0.495. The lowest BCUT2D eigenvalue weighted by Gasteiger charge is -2.21. The zero-order valence-corrected chi connectivity index (χ0v) is 12.0. The molecule has 0 aliphatic heterocycles. The second-order valence-electron chi connectivity index (χ2n) is 4.16. The van der Waals surface area contributed by atoms with E-state index in [-0.39, 0.29) is 15.5 Å². The van der Waals surface area contributed by atoms with Gasteiger partial charge in [-0.25, -0.2) is 8.42 Å². The number of halogens is 1. The average Bonchev–Trinajstić information content (AvgIpc) is 2.38. The summed E-state index contributed by atoms with van der Waals surface area (Å²) < 4.78 is 26.7. The maximum absolute atomic E-state index is 12.2. The van der Waals surface area contributed by atoms with Crippen molar-refractivity contribution in [3.63, 3.8) is 0 Å². The Hall–Kier alpha value is -1.60. The molecular weight excluding hydrogens is 286 g/mol. The highest BCUT2D eigenvalue weighted by Crippen LogP contribution is 2.24. The molecular formula is C12H12ClN3O2S. The number of sulfonamides is 1. The number of benzene rings is 1. The summed E-state index contributed by atoms with van der Waals surface area (Å²) in [5.41, 5.74) is -1.04. The van der Waals surface area contributed by atoms with E-state index in [1.54, 1.807) is 6.92 Å². The van der Waals surface area contributed by atoms with E-state index in [0.29, 0.717) is 6.42 Å². The average molecular weight is 298 g/mol. The van der Waals surface area contributed by atoms with Gasteiger partial charge in [0.05, 0.1) is 22.7 Å². The molecule has 1 rings (SSSR count). The van der Waals surface area contributed by atoms with Crippen LogP contribution in [0.3, 0.4) is 0 Å². The van der Waals surface area contributed by atoms with Gasteiger partial charge in [0, 0.05) is 0 Å². The fraction of sp³-hybridized carbons (Fsp3) is 0.333. The molecule has 0 saturated carbocycles. The van der Waals surface area contributed by atoms with Crippen LogP contribution in [-0.4, -0.2) is 14.0 Å². The van der Waals surface area contributed by atoms with Gasteiger partial charge < -0.3 is 0 Å². The van der Waals surface area contributed by atoms with Gasteiger partial charge in [-0.3, -0.25) is 0 Å². The van der Waals surface area contributed by atoms with Crippen LogP contribution in [0.25, 0.3) is 0 Å². The van der Waals surface area contributed by atoms with Gasteiger partial charge in [-0.05, 0) is 31.5 Å². The van der Waals surface area contributed by atoms with Crippen LogP contribution in [-0.2, 0) is 10.0 Å². The Balaban J connectivity index is 3.30. The van der Waals surface area contributed by atoms with E-state index < -0.39 is 15.6 Å². The molecule has 0 saturated heterocycles. The van der Waals surface area contributed by atoms with E-state index in [9.17, 15) is 8.42 Å². The van der Waals surface area contributed by atoms with Crippen LogP contribution in [0.1, 0.15) is 25.8 Å². The Kier molecular flexibility index (Phi) is 4.54. The predicted molar refractivity (Wildman–Crippen MR) is 70.8 cm³/mol. The van der Waals surface area contributed by atoms with Gasteiger partial charge in [-0.15, -0.1) is 0 Å². The molecule has 0 bridgehead atoms. The summed E-state index contributed by atoms with van der Waals surface area (Å²) in [4.78, 5) is -0.205. The van der Waals surface area contributed by atoms with Crippen LogP contribution < -0.4 is 4.72 Å². The summed E-state index contributed by atoms with van der Waals surface area (Å²) >= 11 is 5.84. The molecule has 0 aromatic heterocycles. The Morgan fingerprint density at radius 2 is 2.05 bits per heavy atom. The van der Waals surface area contributed by atoms with Crippen molar-refractivity contribution in [1.29, 1.82) is 10.5 Å². The fourth-order valence-electron chi connectivity index (χ4n) is 1.30. The van der Waals surface area contributed by atoms with Gasteiger partial charge in [-0.2, -0.15) is 15.2 Å². The molecule has 1 N–H and O–H groups in total. The fourth-order valence-corrected chi connectivity index (χ4v) is 3.23. The van der Waals surface area contributed by atoms with Gasteiger partial charge in [0.15, 0.2) is 0 Å². The summed E-state index contributed by atoms with van der Waals surface area (Å²) in [6.07, 6.45) is 0.304. The summed E-state index contributed by atoms with van der Waals surface area (Å²) in [6, 6.07) is 7.68. The first-order valence-electron chi connectivity index (χ1n) is 5.43. The SMILES string of the molecule is CCC(C)(C#N)NS(=O)(=O)c1cc(C#N)ccc1Cl. The van der Waals surface area contributed by atoms with E-state index in [1.165, 1.54) is 25.1 Å². The highest BCUT2D eigenvalue weighted by atomic mass is 35.5. The van der Waals surface area contributed by atoms with E-state index in [0.717, 1.165) is 0 Å². The minimum absolute atomic E-state index is 0.00268. The van der Waals surface area contributed by atoms with E-state index >= 15 is 0 Å². The van der Waals surface area contributed by atoms with Gasteiger partial charge in [0.2, 0.25) is 10.0 Å². The minimum atomic E-state index is -3.96. The topological polar surface area (TPSA) is 93.8 Å². The molecule has 1 unspecified atom stereocenters. The maximum Gasteiger partial charge on any atom is 0.243 e. The quantitative estimate of drug-likeness (QED) is 0.921. The monoisotopic (exact) mass is 297 g/mol. The molecule has 0 amide bonds. The number of rotatable bonds is 4. The van der Waals surface area contributed by atoms with Crippen molar-refractivity contribution in [2.45, 2.75) is 30.7 Å². The molecule has 5 nitrogen and oxygen atoms in total. The number of nitriles is 2. The summed E-state index contributed by atoms with van der Waals surface area (Å²) in [5, 5.41) is 17.8. The van der Waals surface area contributed by atoms with Gasteiger partial charge in [0.25, 0.3) is 0 Å². The summed E-state index contributed by atoms with van der Waals surface area (Å²) in [6.45, 7) is 3.17. The smallest absolute Gasteiger partial charge is 0.207 e. The minimum Gasteiger partial charge on any atom is -0.207 e. The van der Waals surface area contributed by atoms with Crippen molar-refractivity contribution >= 4 is 21.6 Å². The van der Waals surface area contributed by atoms with Crippen molar-refractivity contribution in [3.8, 4) is 12.1 Å². The molecule has 0 heterocycles. The Morgan fingerprint density at radius 3 is 2.53 bits per heavy atom. The number of nitrogens with zero attached hydrogens (tertiary/aromatic N) is 2. The second-order valence-corrected chi connectivity index (χ2v) is 6.22. The molecule has 1 atom stereocenters. The molecule has 0 fully saturated rings. The number of hydrogen-bond acceptors (Lipinski definition) is 4. The van der Waals surface area contributed by atoms with E-state index in [2.05, 4.69) is 4.72 Å². The van der Waals surface area contributed by atoms with Crippen molar-refractivity contribution in [2.75, 3.05) is 0 Å². The molecule has 19 heavy (non-hydrogen) atoms. The number of nitrogens with one attached hydrogen (secondary N) is 1. The molecule has 100 valence electrons. The van der Waals surface area contributed by atoms with Crippen molar-refractivity contribution in [2.24, 2.45) is 0 Å². The van der Waals surface area contributed by atoms with Crippen molar-refractivity contribution in [3.05, 3.63) is 28.8 Å². The molecule has 0 radical (unpaired) electrons. The van der Waals surface area contributed by atoms with Crippen LogP contribution in [0, 0.1) is 22.7 Å². The maximum atomic E-state index is 12.2. The van der Waals surface area contributed by atoms with Crippen LogP contribution in [0.5, 0.6) is 0 Å². The third-order valence-corrected chi connectivity index (χ3v) is 4.74. The Bertz CT molecular complexity index is 673. The van der Waals surface area contributed by atoms with Crippen LogP contribution >= 0.6 is 11.6 Å². The first-order valence-corrected chi connectivity index (χ1v) is 7.29. The molecule has 1 aromatic carbocycles. The molecule has 0 aliphatic carbocycles. The highest BCUT2D eigenvalue weighted by Gasteiger charge is 2.30. The lowest BCUT2D eigenvalue weighted by Crippen LogP contribution is -2.44. The first-order chi connectivity index (χ1) is 8.78. The summed E-state index contributed by atoms with van der Waals surface area (Å²) in [5.74, 6) is 0. The number of hydrogen-bond donors (Lipinski definition) is 1. The molecule has 7 heteroatoms. The van der Waals surface area contributed by atoms with Gasteiger partial charge >= 0.3 is 0 Å². The normalized spacial score (nSPS) is 14.2. The van der Waals surface area contributed by atoms with Crippen molar-refractivity contribution in [1.82, 2.24) is 4.72 Å². The van der Waals surface area contributed by atoms with E-state index in [1.807, 2.05) is 12.1 Å². The van der Waals surface area contributed by atoms with Gasteiger partial charge in [-0.1, -0.05) is 18.5 Å². The van der Waals surface area contributed by atoms with Crippen LogP contribution in [0.2, 0.25) is 5.02 Å². The highest BCUT2D eigenvalue weighted by molar-refractivity contribution is 7.89. The zero-order valence-electron chi connectivity index (χ0n) is 10.4. The molecule has 0 spiro atoms. The third-order valence-electron chi connectivity index (χ3n) is 2.66. The van der Waals surface area contributed by atoms with Crippen molar-refractivity contribution < 1.29 is 8.42 Å². The molecule has 1 aromatic rings. The Morgan fingerprint density at radius 1 is 1.42 bits per heavy atom. The third kappa shape index (κ3) is 3.45.